The Morgan fingerprint density at radius 3 is 2.82 bits per heavy atom. The van der Waals surface area contributed by atoms with Gasteiger partial charge in [-0.3, -0.25) is 0 Å². The Morgan fingerprint density at radius 2 is 2.12 bits per heavy atom. The molecule has 0 aromatic heterocycles. The zero-order chi connectivity index (χ0) is 12.3. The Morgan fingerprint density at radius 1 is 1.41 bits per heavy atom. The Balaban J connectivity index is 2.02. The van der Waals surface area contributed by atoms with Crippen LogP contribution in [-0.2, 0) is 4.74 Å². The first kappa shape index (κ1) is 12.7. The summed E-state index contributed by atoms with van der Waals surface area (Å²) in [6, 6.07) is 6.00. The summed E-state index contributed by atoms with van der Waals surface area (Å²) in [7, 11) is 2.10. The summed E-state index contributed by atoms with van der Waals surface area (Å²) < 4.78 is 6.45. The van der Waals surface area contributed by atoms with Crippen molar-refractivity contribution in [3.8, 4) is 0 Å². The maximum absolute atomic E-state index is 6.01. The van der Waals surface area contributed by atoms with Gasteiger partial charge in [0.1, 0.15) is 0 Å². The maximum Gasteiger partial charge on any atom is 0.0608 e. The normalized spacial score (nSPS) is 17.1. The standard InChI is InChI=1S/C13H19BrN2O/c1-16(9-10-4-6-17-7-5-10)13-8-11(14)2-3-12(13)15/h2-3,8,10H,4-7,9,15H2,1H3. The topological polar surface area (TPSA) is 38.5 Å². The van der Waals surface area contributed by atoms with Crippen molar-refractivity contribution >= 4 is 27.3 Å². The molecule has 0 amide bonds. The van der Waals surface area contributed by atoms with Crippen LogP contribution < -0.4 is 10.6 Å². The number of halogens is 1. The van der Waals surface area contributed by atoms with Crippen molar-refractivity contribution in [2.45, 2.75) is 12.8 Å². The van der Waals surface area contributed by atoms with Crippen molar-refractivity contribution in [3.63, 3.8) is 0 Å². The summed E-state index contributed by atoms with van der Waals surface area (Å²) >= 11 is 3.49. The molecule has 3 nitrogen and oxygen atoms in total. The summed E-state index contributed by atoms with van der Waals surface area (Å²) in [4.78, 5) is 2.25. The highest BCUT2D eigenvalue weighted by atomic mass is 79.9. The third-order valence-electron chi connectivity index (χ3n) is 3.28. The molecule has 0 saturated carbocycles. The lowest BCUT2D eigenvalue weighted by atomic mass is 9.99. The monoisotopic (exact) mass is 298 g/mol. The Bertz CT molecular complexity index is 378. The molecule has 0 atom stereocenters. The van der Waals surface area contributed by atoms with E-state index in [0.717, 1.165) is 48.4 Å². The van der Waals surface area contributed by atoms with Gasteiger partial charge in [-0.2, -0.15) is 0 Å². The second-order valence-electron chi connectivity index (χ2n) is 4.64. The van der Waals surface area contributed by atoms with Crippen LogP contribution >= 0.6 is 15.9 Å². The zero-order valence-corrected chi connectivity index (χ0v) is 11.7. The highest BCUT2D eigenvalue weighted by molar-refractivity contribution is 9.10. The molecule has 0 unspecified atom stereocenters. The quantitative estimate of drug-likeness (QED) is 0.872. The van der Waals surface area contributed by atoms with Crippen LogP contribution in [0.2, 0.25) is 0 Å². The SMILES string of the molecule is CN(CC1CCOCC1)c1cc(Br)ccc1N. The molecule has 0 radical (unpaired) electrons. The van der Waals surface area contributed by atoms with Crippen LogP contribution in [0.5, 0.6) is 0 Å². The van der Waals surface area contributed by atoms with Gasteiger partial charge in [0.05, 0.1) is 11.4 Å². The van der Waals surface area contributed by atoms with Gasteiger partial charge in [0.25, 0.3) is 0 Å². The lowest BCUT2D eigenvalue weighted by Crippen LogP contribution is -2.29. The number of nitrogens with two attached hydrogens (primary N) is 1. The molecule has 94 valence electrons. The van der Waals surface area contributed by atoms with Gasteiger partial charge in [-0.1, -0.05) is 15.9 Å². The zero-order valence-electron chi connectivity index (χ0n) is 10.2. The van der Waals surface area contributed by atoms with E-state index in [-0.39, 0.29) is 0 Å². The number of hydrogen-bond acceptors (Lipinski definition) is 3. The van der Waals surface area contributed by atoms with E-state index >= 15 is 0 Å². The van der Waals surface area contributed by atoms with E-state index in [1.807, 2.05) is 12.1 Å². The molecule has 0 bridgehead atoms. The van der Waals surface area contributed by atoms with Gasteiger partial charge in [0.2, 0.25) is 0 Å². The fourth-order valence-corrected chi connectivity index (χ4v) is 2.61. The minimum atomic E-state index is 0.715. The molecular weight excluding hydrogens is 280 g/mol. The van der Waals surface area contributed by atoms with Crippen LogP contribution in [0.15, 0.2) is 22.7 Å². The van der Waals surface area contributed by atoms with Gasteiger partial charge >= 0.3 is 0 Å². The van der Waals surface area contributed by atoms with Crippen LogP contribution in [0.25, 0.3) is 0 Å². The molecule has 1 fully saturated rings. The molecule has 1 aliphatic heterocycles. The molecule has 1 heterocycles. The van der Waals surface area contributed by atoms with E-state index in [4.69, 9.17) is 10.5 Å². The van der Waals surface area contributed by atoms with Crippen molar-refractivity contribution in [1.29, 1.82) is 0 Å². The Labute approximate surface area is 111 Å². The predicted octanol–water partition coefficient (Wildman–Crippen LogP) is 2.89. The first-order chi connectivity index (χ1) is 8.16. The molecule has 17 heavy (non-hydrogen) atoms. The summed E-state index contributed by atoms with van der Waals surface area (Å²) in [6.45, 7) is 2.84. The molecule has 1 aromatic rings. The number of rotatable bonds is 3. The van der Waals surface area contributed by atoms with Crippen molar-refractivity contribution in [2.24, 2.45) is 5.92 Å². The second-order valence-corrected chi connectivity index (χ2v) is 5.56. The lowest BCUT2D eigenvalue weighted by molar-refractivity contribution is 0.0685. The number of hydrogen-bond donors (Lipinski definition) is 1. The average Bonchev–Trinajstić information content (AvgIpc) is 2.33. The molecule has 1 aromatic carbocycles. The molecule has 4 heteroatoms. The van der Waals surface area contributed by atoms with E-state index < -0.39 is 0 Å². The molecular formula is C13H19BrN2O. The van der Waals surface area contributed by atoms with E-state index in [2.05, 4.69) is 33.9 Å². The fraction of sp³-hybridized carbons (Fsp3) is 0.538. The Kier molecular flexibility index (Phi) is 4.29. The van der Waals surface area contributed by atoms with Crippen LogP contribution in [0, 0.1) is 5.92 Å². The number of anilines is 2. The van der Waals surface area contributed by atoms with Crippen LogP contribution in [-0.4, -0.2) is 26.8 Å². The van der Waals surface area contributed by atoms with Crippen LogP contribution in [0.1, 0.15) is 12.8 Å². The van der Waals surface area contributed by atoms with Crippen molar-refractivity contribution < 1.29 is 4.74 Å². The van der Waals surface area contributed by atoms with Gasteiger partial charge in [0.15, 0.2) is 0 Å². The number of benzene rings is 1. The van der Waals surface area contributed by atoms with Crippen LogP contribution in [0.4, 0.5) is 11.4 Å². The molecule has 2 N–H and O–H groups in total. The smallest absolute Gasteiger partial charge is 0.0608 e. The first-order valence-electron chi connectivity index (χ1n) is 6.00. The first-order valence-corrected chi connectivity index (χ1v) is 6.80. The molecule has 1 aliphatic rings. The van der Waals surface area contributed by atoms with Gasteiger partial charge in [-0.05, 0) is 37.0 Å². The minimum Gasteiger partial charge on any atom is -0.397 e. The van der Waals surface area contributed by atoms with Crippen molar-refractivity contribution in [2.75, 3.05) is 37.4 Å². The lowest BCUT2D eigenvalue weighted by Gasteiger charge is -2.29. The number of nitrogen functional groups attached to an aromatic ring is 1. The average molecular weight is 299 g/mol. The van der Waals surface area contributed by atoms with Crippen molar-refractivity contribution in [1.82, 2.24) is 0 Å². The Hall–Kier alpha value is -0.740. The maximum atomic E-state index is 6.01. The van der Waals surface area contributed by atoms with E-state index in [0.29, 0.717) is 5.92 Å². The van der Waals surface area contributed by atoms with Gasteiger partial charge in [0, 0.05) is 31.3 Å². The highest BCUT2D eigenvalue weighted by Crippen LogP contribution is 2.28. The number of nitrogens with zero attached hydrogens (tertiary/aromatic N) is 1. The second kappa shape index (κ2) is 5.74. The molecule has 0 aliphatic carbocycles. The summed E-state index contributed by atoms with van der Waals surface area (Å²) in [5.41, 5.74) is 7.95. The molecule has 2 rings (SSSR count). The van der Waals surface area contributed by atoms with Gasteiger partial charge in [-0.15, -0.1) is 0 Å². The van der Waals surface area contributed by atoms with E-state index in [9.17, 15) is 0 Å². The third kappa shape index (κ3) is 3.36. The molecule has 0 spiro atoms. The third-order valence-corrected chi connectivity index (χ3v) is 3.77. The largest absolute Gasteiger partial charge is 0.397 e. The minimum absolute atomic E-state index is 0.715. The molecule has 1 saturated heterocycles. The summed E-state index contributed by atoms with van der Waals surface area (Å²) in [6.07, 6.45) is 2.30. The van der Waals surface area contributed by atoms with E-state index in [1.54, 1.807) is 0 Å². The fourth-order valence-electron chi connectivity index (χ4n) is 2.26. The number of ether oxygens (including phenoxy) is 1. The van der Waals surface area contributed by atoms with Crippen molar-refractivity contribution in [3.05, 3.63) is 22.7 Å². The van der Waals surface area contributed by atoms with Gasteiger partial charge < -0.3 is 15.4 Å². The van der Waals surface area contributed by atoms with Crippen LogP contribution in [0.3, 0.4) is 0 Å². The summed E-state index contributed by atoms with van der Waals surface area (Å²) in [5.74, 6) is 0.715. The predicted molar refractivity (Wildman–Crippen MR) is 75.4 cm³/mol. The van der Waals surface area contributed by atoms with E-state index in [1.165, 1.54) is 0 Å². The summed E-state index contributed by atoms with van der Waals surface area (Å²) in [5, 5.41) is 0. The highest BCUT2D eigenvalue weighted by Gasteiger charge is 2.17. The van der Waals surface area contributed by atoms with Gasteiger partial charge in [-0.25, -0.2) is 0 Å².